The second-order valence-corrected chi connectivity index (χ2v) is 3.79. The standard InChI is InChI=1S/C9H7ClN4O/c10-7-1-8(15)14(4-7)9-6(2-11)3-12-5-13-9/h3,5,7H,1,4H2. The number of anilines is 1. The number of carbonyl (C=O) groups is 1. The summed E-state index contributed by atoms with van der Waals surface area (Å²) in [5.41, 5.74) is 0.289. The van der Waals surface area contributed by atoms with Crippen LogP contribution in [0.25, 0.3) is 0 Å². The second-order valence-electron chi connectivity index (χ2n) is 3.18. The van der Waals surface area contributed by atoms with E-state index >= 15 is 0 Å². The van der Waals surface area contributed by atoms with E-state index in [-0.39, 0.29) is 23.3 Å². The molecule has 76 valence electrons. The molecule has 1 aliphatic heterocycles. The quantitative estimate of drug-likeness (QED) is 0.656. The topological polar surface area (TPSA) is 69.9 Å². The van der Waals surface area contributed by atoms with E-state index in [0.29, 0.717) is 12.4 Å². The van der Waals surface area contributed by atoms with Crippen molar-refractivity contribution in [2.75, 3.05) is 11.4 Å². The number of alkyl halides is 1. The maximum atomic E-state index is 11.5. The molecule has 0 N–H and O–H groups in total. The molecule has 2 heterocycles. The molecule has 1 aliphatic rings. The Morgan fingerprint density at radius 3 is 3.07 bits per heavy atom. The number of nitrogens with zero attached hydrogens (tertiary/aromatic N) is 4. The molecular formula is C9H7ClN4O. The van der Waals surface area contributed by atoms with Gasteiger partial charge >= 0.3 is 0 Å². The van der Waals surface area contributed by atoms with Gasteiger partial charge in [0.2, 0.25) is 5.91 Å². The van der Waals surface area contributed by atoms with Gasteiger partial charge in [-0.25, -0.2) is 9.97 Å². The van der Waals surface area contributed by atoms with Crippen LogP contribution in [0, 0.1) is 11.3 Å². The summed E-state index contributed by atoms with van der Waals surface area (Å²) >= 11 is 5.86. The fourth-order valence-electron chi connectivity index (χ4n) is 1.49. The lowest BCUT2D eigenvalue weighted by Crippen LogP contribution is -2.26. The lowest BCUT2D eigenvalue weighted by Gasteiger charge is -2.14. The Morgan fingerprint density at radius 1 is 1.67 bits per heavy atom. The molecule has 0 saturated carbocycles. The first kappa shape index (κ1) is 9.87. The minimum atomic E-state index is -0.209. The third kappa shape index (κ3) is 1.76. The summed E-state index contributed by atoms with van der Waals surface area (Å²) in [5.74, 6) is 0.242. The Labute approximate surface area is 91.3 Å². The van der Waals surface area contributed by atoms with Crippen molar-refractivity contribution < 1.29 is 4.79 Å². The molecule has 1 saturated heterocycles. The van der Waals surface area contributed by atoms with Crippen LogP contribution < -0.4 is 4.90 Å². The van der Waals surface area contributed by atoms with Gasteiger partial charge in [-0.05, 0) is 0 Å². The van der Waals surface area contributed by atoms with Crippen LogP contribution in [0.3, 0.4) is 0 Å². The first-order valence-corrected chi connectivity index (χ1v) is 4.80. The average Bonchev–Trinajstić information content (AvgIpc) is 2.57. The van der Waals surface area contributed by atoms with E-state index in [1.54, 1.807) is 0 Å². The summed E-state index contributed by atoms with van der Waals surface area (Å²) in [5, 5.41) is 8.62. The van der Waals surface area contributed by atoms with Gasteiger partial charge in [0.1, 0.15) is 18.0 Å². The third-order valence-corrected chi connectivity index (χ3v) is 2.44. The van der Waals surface area contributed by atoms with E-state index in [0.717, 1.165) is 0 Å². The van der Waals surface area contributed by atoms with Gasteiger partial charge in [0.25, 0.3) is 0 Å². The molecule has 15 heavy (non-hydrogen) atoms. The summed E-state index contributed by atoms with van der Waals surface area (Å²) in [6.45, 7) is 0.395. The number of aromatic nitrogens is 2. The smallest absolute Gasteiger partial charge is 0.229 e. The number of hydrogen-bond acceptors (Lipinski definition) is 4. The summed E-state index contributed by atoms with van der Waals surface area (Å²) in [7, 11) is 0. The third-order valence-electron chi connectivity index (χ3n) is 2.15. The average molecular weight is 223 g/mol. The van der Waals surface area contributed by atoms with Crippen molar-refractivity contribution in [3.63, 3.8) is 0 Å². The molecule has 0 bridgehead atoms. The van der Waals surface area contributed by atoms with Crippen LogP contribution in [0.15, 0.2) is 12.5 Å². The van der Waals surface area contributed by atoms with Gasteiger partial charge in [-0.2, -0.15) is 5.26 Å². The number of nitriles is 1. The summed E-state index contributed by atoms with van der Waals surface area (Å²) in [6.07, 6.45) is 2.98. The Balaban J connectivity index is 2.38. The highest BCUT2D eigenvalue weighted by Crippen LogP contribution is 2.24. The zero-order valence-electron chi connectivity index (χ0n) is 7.72. The highest BCUT2D eigenvalue weighted by Gasteiger charge is 2.31. The van der Waals surface area contributed by atoms with E-state index in [9.17, 15) is 4.79 Å². The van der Waals surface area contributed by atoms with Gasteiger partial charge < -0.3 is 0 Å². The van der Waals surface area contributed by atoms with Crippen molar-refractivity contribution in [1.82, 2.24) is 9.97 Å². The van der Waals surface area contributed by atoms with Crippen LogP contribution in [0.2, 0.25) is 0 Å². The number of rotatable bonds is 1. The second kappa shape index (κ2) is 3.83. The molecule has 0 aromatic carbocycles. The molecule has 1 fully saturated rings. The van der Waals surface area contributed by atoms with Crippen molar-refractivity contribution in [2.24, 2.45) is 0 Å². The maximum absolute atomic E-state index is 11.5. The largest absolute Gasteiger partial charge is 0.294 e. The summed E-state index contributed by atoms with van der Waals surface area (Å²) in [4.78, 5) is 20.6. The summed E-state index contributed by atoms with van der Waals surface area (Å²) < 4.78 is 0. The molecule has 0 aliphatic carbocycles. The molecule has 1 amide bonds. The van der Waals surface area contributed by atoms with Crippen LogP contribution >= 0.6 is 11.6 Å². The van der Waals surface area contributed by atoms with Gasteiger partial charge in [0, 0.05) is 13.0 Å². The van der Waals surface area contributed by atoms with Crippen molar-refractivity contribution in [1.29, 1.82) is 5.26 Å². The van der Waals surface area contributed by atoms with Crippen LogP contribution in [-0.4, -0.2) is 27.8 Å². The highest BCUT2D eigenvalue weighted by molar-refractivity contribution is 6.24. The molecule has 2 rings (SSSR count). The molecule has 1 aromatic heterocycles. The number of amides is 1. The van der Waals surface area contributed by atoms with E-state index in [1.807, 2.05) is 6.07 Å². The maximum Gasteiger partial charge on any atom is 0.229 e. The predicted octanol–water partition coefficient (Wildman–Crippen LogP) is 0.692. The molecule has 0 spiro atoms. The Hall–Kier alpha value is -1.67. The van der Waals surface area contributed by atoms with E-state index in [2.05, 4.69) is 9.97 Å². The minimum absolute atomic E-state index is 0.106. The SMILES string of the molecule is N#Cc1cncnc1N1CC(Cl)CC1=O. The van der Waals surface area contributed by atoms with Crippen LogP contribution in [0.4, 0.5) is 5.82 Å². The van der Waals surface area contributed by atoms with E-state index < -0.39 is 0 Å². The lowest BCUT2D eigenvalue weighted by atomic mass is 10.3. The van der Waals surface area contributed by atoms with Crippen LogP contribution in [0.1, 0.15) is 12.0 Å². The van der Waals surface area contributed by atoms with Gasteiger partial charge in [0.05, 0.1) is 11.6 Å². The molecule has 1 unspecified atom stereocenters. The monoisotopic (exact) mass is 222 g/mol. The van der Waals surface area contributed by atoms with Gasteiger partial charge in [0.15, 0.2) is 5.82 Å². The fraction of sp³-hybridized carbons (Fsp3) is 0.333. The first-order valence-electron chi connectivity index (χ1n) is 4.37. The van der Waals surface area contributed by atoms with Gasteiger partial charge in [-0.1, -0.05) is 0 Å². The van der Waals surface area contributed by atoms with Crippen LogP contribution in [-0.2, 0) is 4.79 Å². The van der Waals surface area contributed by atoms with Crippen molar-refractivity contribution >= 4 is 23.3 Å². The molecule has 1 aromatic rings. The minimum Gasteiger partial charge on any atom is -0.294 e. The van der Waals surface area contributed by atoms with Crippen LogP contribution in [0.5, 0.6) is 0 Å². The lowest BCUT2D eigenvalue weighted by molar-refractivity contribution is -0.117. The van der Waals surface area contributed by atoms with Crippen molar-refractivity contribution in [3.05, 3.63) is 18.1 Å². The molecule has 0 radical (unpaired) electrons. The Kier molecular flexibility index (Phi) is 2.52. The first-order chi connectivity index (χ1) is 7.22. The number of halogens is 1. The number of hydrogen-bond donors (Lipinski definition) is 0. The van der Waals surface area contributed by atoms with Gasteiger partial charge in [-0.15, -0.1) is 11.6 Å². The fourth-order valence-corrected chi connectivity index (χ4v) is 1.76. The van der Waals surface area contributed by atoms with E-state index in [1.165, 1.54) is 17.4 Å². The van der Waals surface area contributed by atoms with Crippen molar-refractivity contribution in [2.45, 2.75) is 11.8 Å². The zero-order chi connectivity index (χ0) is 10.8. The molecule has 6 heteroatoms. The summed E-state index contributed by atoms with van der Waals surface area (Å²) in [6, 6.07) is 1.95. The normalized spacial score (nSPS) is 20.4. The number of carbonyl (C=O) groups excluding carboxylic acids is 1. The molecular weight excluding hydrogens is 216 g/mol. The zero-order valence-corrected chi connectivity index (χ0v) is 8.48. The molecule has 1 atom stereocenters. The highest BCUT2D eigenvalue weighted by atomic mass is 35.5. The Morgan fingerprint density at radius 2 is 2.47 bits per heavy atom. The molecule has 5 nitrogen and oxygen atoms in total. The van der Waals surface area contributed by atoms with Crippen molar-refractivity contribution in [3.8, 4) is 6.07 Å². The predicted molar refractivity (Wildman–Crippen MR) is 53.4 cm³/mol. The van der Waals surface area contributed by atoms with Gasteiger partial charge in [-0.3, -0.25) is 9.69 Å². The van der Waals surface area contributed by atoms with E-state index in [4.69, 9.17) is 16.9 Å². The Bertz CT molecular complexity index is 442.